The number of para-hydroxylation sites is 1. The molecule has 1 rings (SSSR count). The predicted octanol–water partition coefficient (Wildman–Crippen LogP) is 2.27. The van der Waals surface area contributed by atoms with Crippen LogP contribution in [-0.4, -0.2) is 5.26 Å². The largest absolute Gasteiger partial charge is 0.340 e. The van der Waals surface area contributed by atoms with Gasteiger partial charge in [-0.25, -0.2) is 5.26 Å². The zero-order chi connectivity index (χ0) is 8.10. The summed E-state index contributed by atoms with van der Waals surface area (Å²) in [6.45, 7) is 3.59. The van der Waals surface area contributed by atoms with Gasteiger partial charge >= 0.3 is 0 Å². The Morgan fingerprint density at radius 3 is 2.82 bits per heavy atom. The smallest absolute Gasteiger partial charge is 0.168 e. The van der Waals surface area contributed by atoms with Crippen molar-refractivity contribution in [1.29, 1.82) is 0 Å². The Morgan fingerprint density at radius 2 is 2.18 bits per heavy atom. The van der Waals surface area contributed by atoms with E-state index in [1.165, 1.54) is 0 Å². The highest BCUT2D eigenvalue weighted by atomic mass is 17.1. The minimum Gasteiger partial charge on any atom is -0.340 e. The van der Waals surface area contributed by atoms with E-state index in [4.69, 9.17) is 5.26 Å². The summed E-state index contributed by atoms with van der Waals surface area (Å²) in [5.74, 6) is 0.493. The van der Waals surface area contributed by atoms with Crippen LogP contribution in [0, 0.1) is 0 Å². The molecule has 11 heavy (non-hydrogen) atoms. The van der Waals surface area contributed by atoms with Crippen LogP contribution < -0.4 is 4.89 Å². The van der Waals surface area contributed by atoms with Crippen molar-refractivity contribution >= 4 is 0 Å². The summed E-state index contributed by atoms with van der Waals surface area (Å²) in [6, 6.07) is 7.28. The van der Waals surface area contributed by atoms with Crippen molar-refractivity contribution in [2.24, 2.45) is 0 Å². The summed E-state index contributed by atoms with van der Waals surface area (Å²) in [4.78, 5) is 4.15. The van der Waals surface area contributed by atoms with Crippen LogP contribution in [-0.2, 0) is 6.42 Å². The molecule has 58 valence electrons. The average molecular weight is 150 g/mol. The Hall–Kier alpha value is -1.28. The van der Waals surface area contributed by atoms with Gasteiger partial charge in [0.15, 0.2) is 5.75 Å². The molecule has 0 fully saturated rings. The topological polar surface area (TPSA) is 29.5 Å². The van der Waals surface area contributed by atoms with Gasteiger partial charge in [0, 0.05) is 5.56 Å². The minimum absolute atomic E-state index is 0.493. The van der Waals surface area contributed by atoms with Gasteiger partial charge in [-0.3, -0.25) is 0 Å². The molecule has 0 atom stereocenters. The molecule has 0 saturated carbocycles. The molecule has 0 aliphatic heterocycles. The fourth-order valence-corrected chi connectivity index (χ4v) is 0.917. The Bertz CT molecular complexity index is 243. The number of allylic oxidation sites excluding steroid dienone is 1. The van der Waals surface area contributed by atoms with Crippen LogP contribution in [0.4, 0.5) is 0 Å². The molecule has 0 saturated heterocycles. The SMILES string of the molecule is C=CCc1ccccc1OO. The van der Waals surface area contributed by atoms with Gasteiger partial charge in [0.25, 0.3) is 0 Å². The highest BCUT2D eigenvalue weighted by Crippen LogP contribution is 2.17. The van der Waals surface area contributed by atoms with Gasteiger partial charge in [-0.2, -0.15) is 0 Å². The molecular formula is C9H10O2. The zero-order valence-corrected chi connectivity index (χ0v) is 6.16. The molecule has 0 aliphatic carbocycles. The third kappa shape index (κ3) is 1.82. The second kappa shape index (κ2) is 3.78. The first-order valence-corrected chi connectivity index (χ1v) is 3.38. The molecule has 1 aromatic rings. The standard InChI is InChI=1S/C9H10O2/c1-2-5-8-6-3-4-7-9(8)11-10/h2-4,6-7,10H,1,5H2. The lowest BCUT2D eigenvalue weighted by Crippen LogP contribution is -1.89. The van der Waals surface area contributed by atoms with Gasteiger partial charge in [0.05, 0.1) is 0 Å². The molecule has 1 aromatic carbocycles. The van der Waals surface area contributed by atoms with Crippen molar-refractivity contribution in [3.63, 3.8) is 0 Å². The van der Waals surface area contributed by atoms with Crippen molar-refractivity contribution in [2.75, 3.05) is 0 Å². The van der Waals surface area contributed by atoms with E-state index in [0.29, 0.717) is 12.2 Å². The maximum Gasteiger partial charge on any atom is 0.168 e. The van der Waals surface area contributed by atoms with Crippen LogP contribution in [0.1, 0.15) is 5.56 Å². The van der Waals surface area contributed by atoms with Gasteiger partial charge < -0.3 is 4.89 Å². The van der Waals surface area contributed by atoms with Crippen LogP contribution in [0.15, 0.2) is 36.9 Å². The lowest BCUT2D eigenvalue weighted by Gasteiger charge is -2.01. The monoisotopic (exact) mass is 150 g/mol. The molecule has 0 heterocycles. The van der Waals surface area contributed by atoms with Crippen molar-refractivity contribution in [2.45, 2.75) is 6.42 Å². The summed E-state index contributed by atoms with van der Waals surface area (Å²) in [6.07, 6.45) is 2.47. The third-order valence-corrected chi connectivity index (χ3v) is 1.44. The summed E-state index contributed by atoms with van der Waals surface area (Å²) >= 11 is 0. The molecule has 0 bridgehead atoms. The quantitative estimate of drug-likeness (QED) is 0.407. The second-order valence-electron chi connectivity index (χ2n) is 2.19. The predicted molar refractivity (Wildman–Crippen MR) is 43.6 cm³/mol. The summed E-state index contributed by atoms with van der Waals surface area (Å²) in [5.41, 5.74) is 0.935. The Morgan fingerprint density at radius 1 is 1.45 bits per heavy atom. The lowest BCUT2D eigenvalue weighted by atomic mass is 10.1. The molecule has 0 unspecified atom stereocenters. The highest BCUT2D eigenvalue weighted by molar-refractivity contribution is 5.33. The lowest BCUT2D eigenvalue weighted by molar-refractivity contribution is -0.138. The van der Waals surface area contributed by atoms with Gasteiger partial charge in [-0.15, -0.1) is 6.58 Å². The molecule has 0 aliphatic rings. The van der Waals surface area contributed by atoms with Crippen molar-refractivity contribution in [1.82, 2.24) is 0 Å². The van der Waals surface area contributed by atoms with Crippen LogP contribution in [0.3, 0.4) is 0 Å². The average Bonchev–Trinajstić information content (AvgIpc) is 2.06. The van der Waals surface area contributed by atoms with Crippen molar-refractivity contribution < 1.29 is 10.1 Å². The van der Waals surface area contributed by atoms with E-state index in [2.05, 4.69) is 11.5 Å². The molecule has 1 N–H and O–H groups in total. The van der Waals surface area contributed by atoms with Gasteiger partial charge in [0.1, 0.15) is 0 Å². The second-order valence-corrected chi connectivity index (χ2v) is 2.19. The number of benzene rings is 1. The molecule has 0 spiro atoms. The van der Waals surface area contributed by atoms with Gasteiger partial charge in [-0.1, -0.05) is 24.3 Å². The van der Waals surface area contributed by atoms with Crippen LogP contribution in [0.2, 0.25) is 0 Å². The highest BCUT2D eigenvalue weighted by Gasteiger charge is 1.98. The molecule has 2 nitrogen and oxygen atoms in total. The molecular weight excluding hydrogens is 140 g/mol. The fourth-order valence-electron chi connectivity index (χ4n) is 0.917. The first kappa shape index (κ1) is 7.82. The fraction of sp³-hybridized carbons (Fsp3) is 0.111. The van der Waals surface area contributed by atoms with Gasteiger partial charge in [-0.05, 0) is 12.5 Å². The summed E-state index contributed by atoms with van der Waals surface area (Å²) in [5, 5.41) is 8.41. The number of rotatable bonds is 3. The number of hydrogen-bond acceptors (Lipinski definition) is 2. The van der Waals surface area contributed by atoms with Crippen LogP contribution in [0.5, 0.6) is 5.75 Å². The summed E-state index contributed by atoms with van der Waals surface area (Å²) in [7, 11) is 0. The van der Waals surface area contributed by atoms with E-state index < -0.39 is 0 Å². The first-order chi connectivity index (χ1) is 5.38. The van der Waals surface area contributed by atoms with Gasteiger partial charge in [0.2, 0.25) is 0 Å². The number of hydrogen-bond donors (Lipinski definition) is 1. The van der Waals surface area contributed by atoms with E-state index >= 15 is 0 Å². The maximum absolute atomic E-state index is 8.41. The van der Waals surface area contributed by atoms with E-state index in [0.717, 1.165) is 5.56 Å². The zero-order valence-electron chi connectivity index (χ0n) is 6.16. The molecule has 2 heteroatoms. The molecule has 0 radical (unpaired) electrons. The molecule has 0 amide bonds. The molecule has 0 aromatic heterocycles. The first-order valence-electron chi connectivity index (χ1n) is 3.38. The maximum atomic E-state index is 8.41. The third-order valence-electron chi connectivity index (χ3n) is 1.44. The normalized spacial score (nSPS) is 9.18. The van der Waals surface area contributed by atoms with Crippen molar-refractivity contribution in [3.05, 3.63) is 42.5 Å². The Kier molecular flexibility index (Phi) is 2.69. The Balaban J connectivity index is 2.92. The van der Waals surface area contributed by atoms with E-state index in [9.17, 15) is 0 Å². The van der Waals surface area contributed by atoms with Crippen molar-refractivity contribution in [3.8, 4) is 5.75 Å². The van der Waals surface area contributed by atoms with E-state index in [1.807, 2.05) is 12.1 Å². The van der Waals surface area contributed by atoms with E-state index in [-0.39, 0.29) is 0 Å². The minimum atomic E-state index is 0.493. The summed E-state index contributed by atoms with van der Waals surface area (Å²) < 4.78 is 0. The van der Waals surface area contributed by atoms with E-state index in [1.54, 1.807) is 18.2 Å². The Labute approximate surface area is 65.7 Å². The van der Waals surface area contributed by atoms with Crippen LogP contribution in [0.25, 0.3) is 0 Å². The van der Waals surface area contributed by atoms with Crippen LogP contribution >= 0.6 is 0 Å².